The molecule has 1 aromatic heterocycles. The van der Waals surface area contributed by atoms with E-state index in [4.69, 9.17) is 9.47 Å². The van der Waals surface area contributed by atoms with Crippen molar-refractivity contribution in [2.75, 3.05) is 20.8 Å². The minimum atomic E-state index is -0.440. The molecule has 3 aromatic rings. The molecule has 0 aliphatic rings. The van der Waals surface area contributed by atoms with E-state index in [9.17, 15) is 8.78 Å². The number of hydrogen-bond donors (Lipinski definition) is 0. The lowest BCUT2D eigenvalue weighted by Gasteiger charge is -2.23. The van der Waals surface area contributed by atoms with Crippen molar-refractivity contribution in [2.24, 2.45) is 0 Å². The largest absolute Gasteiger partial charge is 0.493 e. The fraction of sp³-hybridized carbons (Fsp3) is 0.261. The lowest BCUT2D eigenvalue weighted by atomic mass is 10.1. The second kappa shape index (κ2) is 9.98. The van der Waals surface area contributed by atoms with Crippen molar-refractivity contribution in [1.29, 1.82) is 0 Å². The van der Waals surface area contributed by atoms with Gasteiger partial charge >= 0.3 is 0 Å². The van der Waals surface area contributed by atoms with E-state index >= 15 is 0 Å². The smallest absolute Gasteiger partial charge is 0.160 e. The van der Waals surface area contributed by atoms with Crippen LogP contribution in [0.1, 0.15) is 16.7 Å². The number of pyridine rings is 1. The lowest BCUT2D eigenvalue weighted by Crippen LogP contribution is -2.26. The van der Waals surface area contributed by atoms with Crippen LogP contribution in [0.25, 0.3) is 0 Å². The van der Waals surface area contributed by atoms with Crippen molar-refractivity contribution in [3.05, 3.63) is 89.2 Å². The predicted octanol–water partition coefficient (Wildman–Crippen LogP) is 4.62. The zero-order valence-corrected chi connectivity index (χ0v) is 16.6. The highest BCUT2D eigenvalue weighted by atomic mass is 19.1. The fourth-order valence-corrected chi connectivity index (χ4v) is 3.19. The summed E-state index contributed by atoms with van der Waals surface area (Å²) in [5.74, 6) is 0.496. The Hall–Kier alpha value is -2.99. The molecule has 0 aliphatic heterocycles. The molecule has 152 valence electrons. The first kappa shape index (κ1) is 20.7. The van der Waals surface area contributed by atoms with E-state index in [2.05, 4.69) is 9.88 Å². The van der Waals surface area contributed by atoms with Crippen LogP contribution < -0.4 is 9.47 Å². The molecule has 0 spiro atoms. The molecule has 0 saturated carbocycles. The second-order valence-electron chi connectivity index (χ2n) is 6.74. The molecule has 1 heterocycles. The van der Waals surface area contributed by atoms with Gasteiger partial charge in [-0.25, -0.2) is 8.78 Å². The Balaban J connectivity index is 1.76. The summed E-state index contributed by atoms with van der Waals surface area (Å²) >= 11 is 0. The number of rotatable bonds is 9. The molecule has 0 N–H and O–H groups in total. The van der Waals surface area contributed by atoms with Gasteiger partial charge in [-0.15, -0.1) is 0 Å². The van der Waals surface area contributed by atoms with Gasteiger partial charge in [0.1, 0.15) is 11.6 Å². The Morgan fingerprint density at radius 3 is 2.31 bits per heavy atom. The average Bonchev–Trinajstić information content (AvgIpc) is 2.75. The number of ether oxygens (including phenoxy) is 2. The van der Waals surface area contributed by atoms with Crippen LogP contribution in [0, 0.1) is 11.6 Å². The van der Waals surface area contributed by atoms with Crippen molar-refractivity contribution in [3.63, 3.8) is 0 Å². The van der Waals surface area contributed by atoms with Crippen molar-refractivity contribution < 1.29 is 18.3 Å². The normalized spacial score (nSPS) is 10.9. The van der Waals surface area contributed by atoms with Crippen LogP contribution in [-0.2, 0) is 19.5 Å². The van der Waals surface area contributed by atoms with Gasteiger partial charge in [0.15, 0.2) is 11.5 Å². The Bertz CT molecular complexity index is 935. The molecule has 29 heavy (non-hydrogen) atoms. The van der Waals surface area contributed by atoms with Gasteiger partial charge in [0, 0.05) is 37.6 Å². The Labute approximate surface area is 169 Å². The maximum Gasteiger partial charge on any atom is 0.160 e. The van der Waals surface area contributed by atoms with Crippen molar-refractivity contribution in [2.45, 2.75) is 19.5 Å². The molecule has 3 rings (SSSR count). The number of aromatic nitrogens is 1. The number of halogens is 2. The van der Waals surface area contributed by atoms with Crippen molar-refractivity contribution >= 4 is 0 Å². The molecule has 0 aliphatic carbocycles. The zero-order chi connectivity index (χ0) is 20.6. The third-order valence-corrected chi connectivity index (χ3v) is 4.72. The van der Waals surface area contributed by atoms with E-state index in [1.165, 1.54) is 12.1 Å². The molecular formula is C23H24F2N2O2. The predicted molar refractivity (Wildman–Crippen MR) is 108 cm³/mol. The molecule has 0 fully saturated rings. The SMILES string of the molecule is COc1ccc(CCN(Cc2ccncc2)Cc2cc(F)ccc2F)cc1OC. The molecule has 2 aromatic carbocycles. The molecule has 0 radical (unpaired) electrons. The summed E-state index contributed by atoms with van der Waals surface area (Å²) in [7, 11) is 3.20. The maximum atomic E-state index is 14.2. The monoisotopic (exact) mass is 398 g/mol. The topological polar surface area (TPSA) is 34.6 Å². The standard InChI is InChI=1S/C23H24F2N2O2/c1-28-22-6-3-17(13-23(22)29-2)9-12-27(15-18-7-10-26-11-8-18)16-19-14-20(24)4-5-21(19)25/h3-8,10-11,13-14H,9,12,15-16H2,1-2H3. The van der Waals surface area contributed by atoms with Crippen LogP contribution in [0.3, 0.4) is 0 Å². The van der Waals surface area contributed by atoms with Crippen LogP contribution in [0.5, 0.6) is 11.5 Å². The summed E-state index contributed by atoms with van der Waals surface area (Å²) in [5.41, 5.74) is 2.47. The Morgan fingerprint density at radius 2 is 1.59 bits per heavy atom. The molecule has 0 saturated heterocycles. The Kier molecular flexibility index (Phi) is 7.14. The van der Waals surface area contributed by atoms with Gasteiger partial charge in [0.2, 0.25) is 0 Å². The third-order valence-electron chi connectivity index (χ3n) is 4.72. The van der Waals surface area contributed by atoms with Crippen molar-refractivity contribution in [3.8, 4) is 11.5 Å². The summed E-state index contributed by atoms with van der Waals surface area (Å²) in [6.07, 6.45) is 4.18. The molecule has 6 heteroatoms. The van der Waals surface area contributed by atoms with E-state index in [0.29, 0.717) is 36.7 Å². The first-order chi connectivity index (χ1) is 14.1. The molecule has 0 unspecified atom stereocenters. The minimum Gasteiger partial charge on any atom is -0.493 e. The molecule has 0 atom stereocenters. The van der Waals surface area contributed by atoms with Gasteiger partial charge < -0.3 is 9.47 Å². The third kappa shape index (κ3) is 5.74. The molecule has 4 nitrogen and oxygen atoms in total. The van der Waals surface area contributed by atoms with Crippen LogP contribution in [0.2, 0.25) is 0 Å². The van der Waals surface area contributed by atoms with Crippen LogP contribution in [0.15, 0.2) is 60.9 Å². The van der Waals surface area contributed by atoms with Crippen molar-refractivity contribution in [1.82, 2.24) is 9.88 Å². The highest BCUT2D eigenvalue weighted by Crippen LogP contribution is 2.28. The van der Waals surface area contributed by atoms with Gasteiger partial charge in [-0.2, -0.15) is 0 Å². The first-order valence-corrected chi connectivity index (χ1v) is 9.35. The van der Waals surface area contributed by atoms with E-state index in [0.717, 1.165) is 23.6 Å². The highest BCUT2D eigenvalue weighted by Gasteiger charge is 2.13. The summed E-state index contributed by atoms with van der Waals surface area (Å²) in [6.45, 7) is 1.57. The van der Waals surface area contributed by atoms with E-state index in [1.807, 2.05) is 30.3 Å². The van der Waals surface area contributed by atoms with Gasteiger partial charge in [0.05, 0.1) is 14.2 Å². The quantitative estimate of drug-likeness (QED) is 0.527. The average molecular weight is 398 g/mol. The summed E-state index contributed by atoms with van der Waals surface area (Å²) in [5, 5.41) is 0. The van der Waals surface area contributed by atoms with Gasteiger partial charge in [0.25, 0.3) is 0 Å². The first-order valence-electron chi connectivity index (χ1n) is 9.35. The van der Waals surface area contributed by atoms with E-state index in [1.54, 1.807) is 26.6 Å². The Morgan fingerprint density at radius 1 is 0.828 bits per heavy atom. The van der Waals surface area contributed by atoms with Crippen LogP contribution >= 0.6 is 0 Å². The summed E-state index contributed by atoms with van der Waals surface area (Å²) in [4.78, 5) is 6.12. The minimum absolute atomic E-state index is 0.305. The van der Waals surface area contributed by atoms with Crippen LogP contribution in [0.4, 0.5) is 8.78 Å². The van der Waals surface area contributed by atoms with E-state index in [-0.39, 0.29) is 0 Å². The number of methoxy groups -OCH3 is 2. The summed E-state index contributed by atoms with van der Waals surface area (Å²) in [6, 6.07) is 13.2. The zero-order valence-electron chi connectivity index (χ0n) is 16.6. The van der Waals surface area contributed by atoms with Crippen LogP contribution in [-0.4, -0.2) is 30.6 Å². The van der Waals surface area contributed by atoms with Gasteiger partial charge in [-0.05, 0) is 60.0 Å². The number of nitrogens with zero attached hydrogens (tertiary/aromatic N) is 2. The molecule has 0 amide bonds. The van der Waals surface area contributed by atoms with Gasteiger partial charge in [-0.1, -0.05) is 6.07 Å². The highest BCUT2D eigenvalue weighted by molar-refractivity contribution is 5.43. The second-order valence-corrected chi connectivity index (χ2v) is 6.74. The number of hydrogen-bond acceptors (Lipinski definition) is 4. The summed E-state index contributed by atoms with van der Waals surface area (Å²) < 4.78 is 38.4. The molecular weight excluding hydrogens is 374 g/mol. The molecule has 0 bridgehead atoms. The fourth-order valence-electron chi connectivity index (χ4n) is 3.19. The van der Waals surface area contributed by atoms with E-state index < -0.39 is 11.6 Å². The number of benzene rings is 2. The maximum absolute atomic E-state index is 14.2. The van der Waals surface area contributed by atoms with Gasteiger partial charge in [-0.3, -0.25) is 9.88 Å². The lowest BCUT2D eigenvalue weighted by molar-refractivity contribution is 0.255.